The van der Waals surface area contributed by atoms with Gasteiger partial charge in [0.15, 0.2) is 0 Å². The first kappa shape index (κ1) is 10.0. The molecular weight excluding hydrogens is 166 g/mol. The van der Waals surface area contributed by atoms with E-state index in [-0.39, 0.29) is 11.4 Å². The van der Waals surface area contributed by atoms with Crippen LogP contribution < -0.4 is 10.7 Å². The monoisotopic (exact) mass is 183 g/mol. The van der Waals surface area contributed by atoms with Crippen LogP contribution in [0.5, 0.6) is 0 Å². The van der Waals surface area contributed by atoms with Crippen molar-refractivity contribution in [2.75, 3.05) is 0 Å². The van der Waals surface area contributed by atoms with Crippen LogP contribution in [0.15, 0.2) is 5.10 Å². The lowest BCUT2D eigenvalue weighted by atomic mass is 9.99. The SMILES string of the molecule is CC(C)(C)/C=N/NC(=O)NC1CC1. The molecule has 0 aromatic carbocycles. The van der Waals surface area contributed by atoms with Gasteiger partial charge in [-0.3, -0.25) is 0 Å². The van der Waals surface area contributed by atoms with Gasteiger partial charge in [0.05, 0.1) is 0 Å². The van der Waals surface area contributed by atoms with E-state index in [1.165, 1.54) is 0 Å². The third-order valence-electron chi connectivity index (χ3n) is 1.53. The van der Waals surface area contributed by atoms with Crippen molar-refractivity contribution < 1.29 is 4.79 Å². The third kappa shape index (κ3) is 5.22. The topological polar surface area (TPSA) is 53.5 Å². The highest BCUT2D eigenvalue weighted by molar-refractivity contribution is 5.76. The Labute approximate surface area is 78.8 Å². The molecule has 0 spiro atoms. The van der Waals surface area contributed by atoms with E-state index in [1.807, 2.05) is 20.8 Å². The molecule has 0 bridgehead atoms. The second-order valence-corrected chi connectivity index (χ2v) is 4.48. The zero-order valence-electron chi connectivity index (χ0n) is 8.42. The number of amides is 2. The maximum atomic E-state index is 11.0. The largest absolute Gasteiger partial charge is 0.335 e. The fourth-order valence-electron chi connectivity index (χ4n) is 0.730. The van der Waals surface area contributed by atoms with Crippen molar-refractivity contribution in [3.63, 3.8) is 0 Å². The molecule has 1 aliphatic carbocycles. The van der Waals surface area contributed by atoms with Gasteiger partial charge < -0.3 is 5.32 Å². The van der Waals surface area contributed by atoms with Crippen LogP contribution in [0.3, 0.4) is 0 Å². The molecular formula is C9H17N3O. The first-order valence-corrected chi connectivity index (χ1v) is 4.58. The van der Waals surface area contributed by atoms with Crippen LogP contribution in [0.2, 0.25) is 0 Å². The van der Waals surface area contributed by atoms with Crippen molar-refractivity contribution in [3.8, 4) is 0 Å². The summed E-state index contributed by atoms with van der Waals surface area (Å²) in [6, 6.07) is 0.174. The highest BCUT2D eigenvalue weighted by atomic mass is 16.2. The number of rotatable bonds is 2. The van der Waals surface area contributed by atoms with E-state index in [1.54, 1.807) is 6.21 Å². The van der Waals surface area contributed by atoms with E-state index >= 15 is 0 Å². The van der Waals surface area contributed by atoms with Gasteiger partial charge >= 0.3 is 6.03 Å². The van der Waals surface area contributed by atoms with E-state index in [2.05, 4.69) is 15.8 Å². The fraction of sp³-hybridized carbons (Fsp3) is 0.778. The van der Waals surface area contributed by atoms with Crippen LogP contribution in [0.4, 0.5) is 4.79 Å². The van der Waals surface area contributed by atoms with Crippen LogP contribution in [-0.2, 0) is 0 Å². The molecule has 0 aromatic heterocycles. The Kier molecular flexibility index (Phi) is 2.90. The van der Waals surface area contributed by atoms with Crippen molar-refractivity contribution in [2.24, 2.45) is 10.5 Å². The summed E-state index contributed by atoms with van der Waals surface area (Å²) in [6.07, 6.45) is 3.91. The van der Waals surface area contributed by atoms with Crippen LogP contribution in [0, 0.1) is 5.41 Å². The summed E-state index contributed by atoms with van der Waals surface area (Å²) >= 11 is 0. The van der Waals surface area contributed by atoms with Gasteiger partial charge in [0, 0.05) is 12.3 Å². The summed E-state index contributed by atoms with van der Waals surface area (Å²) in [5.74, 6) is 0. The van der Waals surface area contributed by atoms with Crippen molar-refractivity contribution in [1.29, 1.82) is 0 Å². The van der Waals surface area contributed by atoms with Gasteiger partial charge in [-0.25, -0.2) is 10.2 Å². The summed E-state index contributed by atoms with van der Waals surface area (Å²) in [4.78, 5) is 11.0. The quantitative estimate of drug-likeness (QED) is 0.494. The summed E-state index contributed by atoms with van der Waals surface area (Å²) < 4.78 is 0. The number of nitrogens with one attached hydrogen (secondary N) is 2. The predicted octanol–water partition coefficient (Wildman–Crippen LogP) is 1.48. The molecule has 0 heterocycles. The van der Waals surface area contributed by atoms with E-state index in [4.69, 9.17) is 0 Å². The summed E-state index contributed by atoms with van der Waals surface area (Å²) in [7, 11) is 0. The maximum Gasteiger partial charge on any atom is 0.335 e. The predicted molar refractivity (Wildman–Crippen MR) is 52.6 cm³/mol. The Morgan fingerprint density at radius 3 is 2.54 bits per heavy atom. The Balaban J connectivity index is 2.16. The summed E-state index contributed by atoms with van der Waals surface area (Å²) in [5.41, 5.74) is 2.44. The van der Waals surface area contributed by atoms with Gasteiger partial charge in [-0.05, 0) is 18.3 Å². The van der Waals surface area contributed by atoms with Gasteiger partial charge in [0.1, 0.15) is 0 Å². The Morgan fingerprint density at radius 2 is 2.08 bits per heavy atom. The minimum Gasteiger partial charge on any atom is -0.334 e. The third-order valence-corrected chi connectivity index (χ3v) is 1.53. The first-order valence-electron chi connectivity index (χ1n) is 4.58. The number of nitrogens with zero attached hydrogens (tertiary/aromatic N) is 1. The number of hydrazone groups is 1. The van der Waals surface area contributed by atoms with Crippen LogP contribution in [-0.4, -0.2) is 18.3 Å². The second kappa shape index (κ2) is 3.77. The zero-order valence-corrected chi connectivity index (χ0v) is 8.42. The maximum absolute atomic E-state index is 11.0. The van der Waals surface area contributed by atoms with E-state index in [9.17, 15) is 4.79 Å². The van der Waals surface area contributed by atoms with E-state index in [0.29, 0.717) is 6.04 Å². The Hall–Kier alpha value is -1.06. The molecule has 74 valence electrons. The van der Waals surface area contributed by atoms with Gasteiger partial charge in [-0.2, -0.15) is 5.10 Å². The molecule has 0 atom stereocenters. The van der Waals surface area contributed by atoms with Crippen molar-refractivity contribution in [1.82, 2.24) is 10.7 Å². The number of hydrogen-bond acceptors (Lipinski definition) is 2. The van der Waals surface area contributed by atoms with Crippen LogP contribution >= 0.6 is 0 Å². The smallest absolute Gasteiger partial charge is 0.334 e. The minimum atomic E-state index is -0.206. The summed E-state index contributed by atoms with van der Waals surface area (Å²) in [6.45, 7) is 6.07. The van der Waals surface area contributed by atoms with Gasteiger partial charge in [-0.1, -0.05) is 20.8 Å². The standard InChI is InChI=1S/C9H17N3O/c1-9(2,3)6-10-12-8(13)11-7-4-5-7/h6-7H,4-5H2,1-3H3,(H2,11,12,13)/b10-6+. The number of carbonyl (C=O) groups is 1. The molecule has 1 fully saturated rings. The minimum absolute atomic E-state index is 0.00681. The lowest BCUT2D eigenvalue weighted by Crippen LogP contribution is -2.34. The van der Waals surface area contributed by atoms with Gasteiger partial charge in [0.2, 0.25) is 0 Å². The molecule has 0 saturated heterocycles. The van der Waals surface area contributed by atoms with Crippen molar-refractivity contribution in [3.05, 3.63) is 0 Å². The molecule has 2 N–H and O–H groups in total. The van der Waals surface area contributed by atoms with E-state index < -0.39 is 0 Å². The summed E-state index contributed by atoms with van der Waals surface area (Å²) in [5, 5.41) is 6.61. The first-order chi connectivity index (χ1) is 5.97. The molecule has 1 aliphatic rings. The zero-order chi connectivity index (χ0) is 9.90. The average Bonchev–Trinajstić information content (AvgIpc) is 2.68. The van der Waals surface area contributed by atoms with Crippen molar-refractivity contribution in [2.45, 2.75) is 39.7 Å². The Morgan fingerprint density at radius 1 is 1.46 bits per heavy atom. The number of urea groups is 1. The van der Waals surface area contributed by atoms with Crippen molar-refractivity contribution >= 4 is 12.2 Å². The molecule has 1 rings (SSSR count). The van der Waals surface area contributed by atoms with E-state index in [0.717, 1.165) is 12.8 Å². The van der Waals surface area contributed by atoms with Crippen LogP contribution in [0.1, 0.15) is 33.6 Å². The molecule has 0 aromatic rings. The molecule has 1 saturated carbocycles. The Bertz CT molecular complexity index is 213. The lowest BCUT2D eigenvalue weighted by molar-refractivity contribution is 0.241. The van der Waals surface area contributed by atoms with Gasteiger partial charge in [0.25, 0.3) is 0 Å². The number of hydrogen-bond donors (Lipinski definition) is 2. The highest BCUT2D eigenvalue weighted by Gasteiger charge is 2.22. The fourth-order valence-corrected chi connectivity index (χ4v) is 0.730. The molecule has 0 radical (unpaired) electrons. The normalized spacial score (nSPS) is 17.5. The highest BCUT2D eigenvalue weighted by Crippen LogP contribution is 2.18. The second-order valence-electron chi connectivity index (χ2n) is 4.48. The molecule has 4 heteroatoms. The molecule has 0 aliphatic heterocycles. The van der Waals surface area contributed by atoms with Gasteiger partial charge in [-0.15, -0.1) is 0 Å². The van der Waals surface area contributed by atoms with Crippen LogP contribution in [0.25, 0.3) is 0 Å². The number of carbonyl (C=O) groups excluding carboxylic acids is 1. The molecule has 0 unspecified atom stereocenters. The lowest BCUT2D eigenvalue weighted by Gasteiger charge is -2.09. The average molecular weight is 183 g/mol. The molecule has 2 amide bonds. The molecule has 13 heavy (non-hydrogen) atoms. The molecule has 4 nitrogen and oxygen atoms in total.